The summed E-state index contributed by atoms with van der Waals surface area (Å²) in [4.78, 5) is 33.3. The van der Waals surface area contributed by atoms with Crippen molar-refractivity contribution >= 4 is 58.0 Å². The third-order valence-electron chi connectivity index (χ3n) is 4.63. The van der Waals surface area contributed by atoms with E-state index in [0.717, 1.165) is 18.9 Å². The molecular formula is C20H19ClN6O2S2. The molecule has 0 unspecified atom stereocenters. The van der Waals surface area contributed by atoms with Gasteiger partial charge in [0.2, 0.25) is 10.9 Å². The summed E-state index contributed by atoms with van der Waals surface area (Å²) in [6.07, 6.45) is 1.77. The molecule has 8 nitrogen and oxygen atoms in total. The molecule has 2 amide bonds. The average molecular weight is 475 g/mol. The molecule has 1 saturated heterocycles. The standard InChI is InChI=1S/C20H19ClN6O2S2/c21-14-4-6-15(7-5-14)23-18(29)19-24-25-20(31-19)30-13-17(28)27-11-9-26(10-12-27)16-3-1-2-8-22-16/h1-8H,9-13H2,(H,23,29). The molecule has 0 saturated carbocycles. The van der Waals surface area contributed by atoms with Crippen molar-refractivity contribution in [1.29, 1.82) is 0 Å². The van der Waals surface area contributed by atoms with Gasteiger partial charge in [0.25, 0.3) is 5.91 Å². The number of carbonyl (C=O) groups is 2. The largest absolute Gasteiger partial charge is 0.353 e. The van der Waals surface area contributed by atoms with Gasteiger partial charge >= 0.3 is 0 Å². The molecule has 4 rings (SSSR count). The Morgan fingerprint density at radius 2 is 1.84 bits per heavy atom. The van der Waals surface area contributed by atoms with Crippen LogP contribution >= 0.6 is 34.7 Å². The number of thioether (sulfide) groups is 1. The molecule has 1 aliphatic rings. The maximum atomic E-state index is 12.6. The number of amides is 2. The zero-order chi connectivity index (χ0) is 21.6. The highest BCUT2D eigenvalue weighted by atomic mass is 35.5. The Hall–Kier alpha value is -2.69. The predicted octanol–water partition coefficient (Wildman–Crippen LogP) is 3.28. The van der Waals surface area contributed by atoms with Crippen LogP contribution in [0.4, 0.5) is 11.5 Å². The second-order valence-electron chi connectivity index (χ2n) is 6.68. The first-order valence-corrected chi connectivity index (χ1v) is 11.7. The lowest BCUT2D eigenvalue weighted by atomic mass is 10.3. The summed E-state index contributed by atoms with van der Waals surface area (Å²) in [5, 5.41) is 11.5. The minimum atomic E-state index is -0.344. The molecule has 0 bridgehead atoms. The fraction of sp³-hybridized carbons (Fsp3) is 0.250. The highest BCUT2D eigenvalue weighted by Crippen LogP contribution is 2.24. The first-order valence-electron chi connectivity index (χ1n) is 9.55. The van der Waals surface area contributed by atoms with E-state index < -0.39 is 0 Å². The minimum absolute atomic E-state index is 0.0491. The highest BCUT2D eigenvalue weighted by molar-refractivity contribution is 8.01. The summed E-state index contributed by atoms with van der Waals surface area (Å²) in [6.45, 7) is 2.81. The number of anilines is 2. The van der Waals surface area contributed by atoms with E-state index in [1.807, 2.05) is 23.1 Å². The first-order chi connectivity index (χ1) is 15.1. The van der Waals surface area contributed by atoms with Gasteiger partial charge in [-0.25, -0.2) is 4.98 Å². The van der Waals surface area contributed by atoms with Crippen LogP contribution in [0.5, 0.6) is 0 Å². The second kappa shape index (κ2) is 10.1. The van der Waals surface area contributed by atoms with Crippen molar-refractivity contribution in [3.05, 3.63) is 58.7 Å². The Bertz CT molecular complexity index is 1040. The molecule has 1 fully saturated rings. The van der Waals surface area contributed by atoms with Crippen LogP contribution in [0, 0.1) is 0 Å². The van der Waals surface area contributed by atoms with Gasteiger partial charge in [-0.15, -0.1) is 10.2 Å². The van der Waals surface area contributed by atoms with Gasteiger partial charge < -0.3 is 15.1 Å². The number of carbonyl (C=O) groups excluding carboxylic acids is 2. The van der Waals surface area contributed by atoms with Crippen LogP contribution in [0.2, 0.25) is 5.02 Å². The number of rotatable bonds is 6. The van der Waals surface area contributed by atoms with E-state index in [1.54, 1.807) is 30.5 Å². The van der Waals surface area contributed by atoms with Gasteiger partial charge in [0, 0.05) is 43.1 Å². The molecule has 3 heterocycles. The topological polar surface area (TPSA) is 91.3 Å². The molecular weight excluding hydrogens is 456 g/mol. The summed E-state index contributed by atoms with van der Waals surface area (Å²) < 4.78 is 0.585. The maximum absolute atomic E-state index is 12.6. The number of pyridine rings is 1. The number of hydrogen-bond acceptors (Lipinski definition) is 8. The Balaban J connectivity index is 1.24. The van der Waals surface area contributed by atoms with Crippen molar-refractivity contribution in [1.82, 2.24) is 20.1 Å². The molecule has 1 aliphatic heterocycles. The van der Waals surface area contributed by atoms with Crippen molar-refractivity contribution < 1.29 is 9.59 Å². The molecule has 0 radical (unpaired) electrons. The lowest BCUT2D eigenvalue weighted by Gasteiger charge is -2.35. The monoisotopic (exact) mass is 474 g/mol. The molecule has 1 aromatic carbocycles. The van der Waals surface area contributed by atoms with Gasteiger partial charge in [-0.3, -0.25) is 9.59 Å². The Kier molecular flexibility index (Phi) is 7.00. The lowest BCUT2D eigenvalue weighted by Crippen LogP contribution is -2.49. The predicted molar refractivity (Wildman–Crippen MR) is 123 cm³/mol. The Morgan fingerprint density at radius 3 is 2.55 bits per heavy atom. The van der Waals surface area contributed by atoms with Crippen LogP contribution < -0.4 is 10.2 Å². The van der Waals surface area contributed by atoms with Crippen LogP contribution in [0.1, 0.15) is 9.80 Å². The SMILES string of the molecule is O=C(Nc1ccc(Cl)cc1)c1nnc(SCC(=O)N2CCN(c3ccccn3)CC2)s1. The Labute approximate surface area is 192 Å². The summed E-state index contributed by atoms with van der Waals surface area (Å²) in [5.74, 6) is 0.899. The number of halogens is 1. The zero-order valence-electron chi connectivity index (χ0n) is 16.4. The van der Waals surface area contributed by atoms with Crippen LogP contribution in [-0.4, -0.2) is 63.8 Å². The number of nitrogens with one attached hydrogen (secondary N) is 1. The van der Waals surface area contributed by atoms with E-state index in [-0.39, 0.29) is 22.6 Å². The smallest absolute Gasteiger partial charge is 0.286 e. The van der Waals surface area contributed by atoms with Gasteiger partial charge in [-0.1, -0.05) is 40.8 Å². The van der Waals surface area contributed by atoms with Gasteiger partial charge in [0.1, 0.15) is 5.82 Å². The van der Waals surface area contributed by atoms with Crippen molar-refractivity contribution in [2.24, 2.45) is 0 Å². The molecule has 1 N–H and O–H groups in total. The summed E-state index contributed by atoms with van der Waals surface area (Å²) >= 11 is 8.31. The van der Waals surface area contributed by atoms with E-state index in [0.29, 0.717) is 28.1 Å². The van der Waals surface area contributed by atoms with E-state index in [9.17, 15) is 9.59 Å². The van der Waals surface area contributed by atoms with Crippen molar-refractivity contribution in [3.8, 4) is 0 Å². The third-order valence-corrected chi connectivity index (χ3v) is 6.92. The van der Waals surface area contributed by atoms with E-state index in [4.69, 9.17) is 11.6 Å². The summed E-state index contributed by atoms with van der Waals surface area (Å²) in [6, 6.07) is 12.6. The van der Waals surface area contributed by atoms with Crippen molar-refractivity contribution in [2.45, 2.75) is 4.34 Å². The molecule has 31 heavy (non-hydrogen) atoms. The third kappa shape index (κ3) is 5.72. The van der Waals surface area contributed by atoms with Crippen LogP contribution in [0.15, 0.2) is 53.0 Å². The van der Waals surface area contributed by atoms with E-state index in [2.05, 4.69) is 25.4 Å². The van der Waals surface area contributed by atoms with Crippen molar-refractivity contribution in [3.63, 3.8) is 0 Å². The van der Waals surface area contributed by atoms with Gasteiger partial charge in [-0.05, 0) is 36.4 Å². The molecule has 0 aliphatic carbocycles. The molecule has 0 spiro atoms. The number of piperazine rings is 1. The fourth-order valence-electron chi connectivity index (χ4n) is 3.02. The lowest BCUT2D eigenvalue weighted by molar-refractivity contribution is -0.128. The molecule has 0 atom stereocenters. The maximum Gasteiger partial charge on any atom is 0.286 e. The van der Waals surface area contributed by atoms with E-state index in [1.165, 1.54) is 23.1 Å². The first kappa shape index (κ1) is 21.5. The number of hydrogen-bond donors (Lipinski definition) is 1. The van der Waals surface area contributed by atoms with Crippen LogP contribution in [0.3, 0.4) is 0 Å². The van der Waals surface area contributed by atoms with Crippen LogP contribution in [-0.2, 0) is 4.79 Å². The Morgan fingerprint density at radius 1 is 1.06 bits per heavy atom. The van der Waals surface area contributed by atoms with Crippen molar-refractivity contribution in [2.75, 3.05) is 42.1 Å². The average Bonchev–Trinajstić information content (AvgIpc) is 3.29. The normalized spacial score (nSPS) is 13.8. The molecule has 3 aromatic rings. The minimum Gasteiger partial charge on any atom is -0.353 e. The quantitative estimate of drug-likeness (QED) is 0.548. The van der Waals surface area contributed by atoms with Gasteiger partial charge in [0.05, 0.1) is 5.75 Å². The molecule has 2 aromatic heterocycles. The number of nitrogens with zero attached hydrogens (tertiary/aromatic N) is 5. The number of aromatic nitrogens is 3. The van der Waals surface area contributed by atoms with E-state index >= 15 is 0 Å². The molecule has 11 heteroatoms. The zero-order valence-corrected chi connectivity index (χ0v) is 18.8. The summed E-state index contributed by atoms with van der Waals surface area (Å²) in [7, 11) is 0. The van der Waals surface area contributed by atoms with Gasteiger partial charge in [0.15, 0.2) is 4.34 Å². The van der Waals surface area contributed by atoms with Gasteiger partial charge in [-0.2, -0.15) is 0 Å². The highest BCUT2D eigenvalue weighted by Gasteiger charge is 2.22. The fourth-order valence-corrected chi connectivity index (χ4v) is 4.79. The van der Waals surface area contributed by atoms with Crippen LogP contribution in [0.25, 0.3) is 0 Å². The number of benzene rings is 1. The second-order valence-corrected chi connectivity index (χ2v) is 9.32. The summed E-state index contributed by atoms with van der Waals surface area (Å²) in [5.41, 5.74) is 0.624. The molecule has 160 valence electrons.